The number of nitrogens with one attached hydrogen (secondary N) is 1. The Morgan fingerprint density at radius 1 is 0.833 bits per heavy atom. The summed E-state index contributed by atoms with van der Waals surface area (Å²) in [5.74, 6) is 0. The van der Waals surface area contributed by atoms with Crippen molar-refractivity contribution in [1.82, 2.24) is 5.32 Å². The van der Waals surface area contributed by atoms with Crippen molar-refractivity contribution in [2.45, 2.75) is 77.6 Å². The van der Waals surface area contributed by atoms with E-state index >= 15 is 0 Å². The second-order valence-electron chi connectivity index (χ2n) is 5.65. The quantitative estimate of drug-likeness (QED) is 0.411. The van der Waals surface area contributed by atoms with E-state index < -0.39 is 0 Å². The lowest BCUT2D eigenvalue weighted by molar-refractivity contribution is -0.514. The van der Waals surface area contributed by atoms with Crippen LogP contribution in [0, 0.1) is 0 Å². The molecule has 106 valence electrons. The van der Waals surface area contributed by atoms with Crippen molar-refractivity contribution < 1.29 is 4.58 Å². The zero-order valence-electron chi connectivity index (χ0n) is 12.4. The lowest BCUT2D eigenvalue weighted by Crippen LogP contribution is -2.11. The highest BCUT2D eigenvalue weighted by Crippen LogP contribution is 2.11. The molecular formula is C16H33N2+. The van der Waals surface area contributed by atoms with Crippen LogP contribution in [-0.4, -0.2) is 30.5 Å². The summed E-state index contributed by atoms with van der Waals surface area (Å²) >= 11 is 0. The second-order valence-corrected chi connectivity index (χ2v) is 5.65. The molecule has 1 rings (SSSR count). The van der Waals surface area contributed by atoms with Crippen LogP contribution in [0.4, 0.5) is 0 Å². The molecule has 0 spiro atoms. The van der Waals surface area contributed by atoms with E-state index in [1.54, 1.807) is 0 Å². The van der Waals surface area contributed by atoms with Gasteiger partial charge in [0.1, 0.15) is 13.1 Å². The van der Waals surface area contributed by atoms with Crippen LogP contribution in [0.25, 0.3) is 0 Å². The third-order valence-corrected chi connectivity index (χ3v) is 3.87. The molecule has 0 amide bonds. The molecule has 1 aliphatic heterocycles. The van der Waals surface area contributed by atoms with Crippen LogP contribution >= 0.6 is 0 Å². The molecule has 1 N–H and O–H groups in total. The van der Waals surface area contributed by atoms with Crippen LogP contribution in [0.1, 0.15) is 77.6 Å². The number of nitrogens with zero attached hydrogens (tertiary/aromatic N) is 1. The minimum atomic E-state index is 1.14. The third kappa shape index (κ3) is 8.54. The van der Waals surface area contributed by atoms with E-state index in [2.05, 4.69) is 23.2 Å². The van der Waals surface area contributed by atoms with Crippen molar-refractivity contribution in [3.63, 3.8) is 0 Å². The molecule has 0 fully saturated rings. The van der Waals surface area contributed by atoms with Crippen molar-refractivity contribution in [3.05, 3.63) is 0 Å². The number of unbranched alkanes of at least 4 members (excludes halogenated alkanes) is 10. The van der Waals surface area contributed by atoms with Crippen molar-refractivity contribution in [3.8, 4) is 0 Å². The Morgan fingerprint density at radius 2 is 1.39 bits per heavy atom. The monoisotopic (exact) mass is 253 g/mol. The normalized spacial score (nSPS) is 14.6. The van der Waals surface area contributed by atoms with E-state index in [1.807, 2.05) is 0 Å². The summed E-state index contributed by atoms with van der Waals surface area (Å²) in [5, 5.41) is 3.26. The van der Waals surface area contributed by atoms with Crippen molar-refractivity contribution in [1.29, 1.82) is 0 Å². The molecule has 2 nitrogen and oxygen atoms in total. The fourth-order valence-electron chi connectivity index (χ4n) is 2.62. The predicted molar refractivity (Wildman–Crippen MR) is 80.5 cm³/mol. The summed E-state index contributed by atoms with van der Waals surface area (Å²) in [5.41, 5.74) is 0. The van der Waals surface area contributed by atoms with Gasteiger partial charge in [-0.05, 0) is 12.8 Å². The lowest BCUT2D eigenvalue weighted by Gasteiger charge is -2.02. The summed E-state index contributed by atoms with van der Waals surface area (Å²) in [6.07, 6.45) is 17.9. The molecule has 0 bridgehead atoms. The van der Waals surface area contributed by atoms with E-state index in [1.165, 1.54) is 83.7 Å². The highest BCUT2D eigenvalue weighted by Gasteiger charge is 2.06. The van der Waals surface area contributed by atoms with Crippen LogP contribution in [0.5, 0.6) is 0 Å². The third-order valence-electron chi connectivity index (χ3n) is 3.87. The van der Waals surface area contributed by atoms with Crippen LogP contribution < -0.4 is 5.32 Å². The lowest BCUT2D eigenvalue weighted by atomic mass is 10.1. The molecule has 18 heavy (non-hydrogen) atoms. The largest absolute Gasteiger partial charge is 0.277 e. The van der Waals surface area contributed by atoms with Gasteiger partial charge < -0.3 is 0 Å². The predicted octanol–water partition coefficient (Wildman–Crippen LogP) is 3.94. The van der Waals surface area contributed by atoms with Gasteiger partial charge in [-0.1, -0.05) is 64.7 Å². The maximum absolute atomic E-state index is 3.26. The molecule has 0 aromatic heterocycles. The van der Waals surface area contributed by atoms with Crippen LogP contribution in [0.15, 0.2) is 0 Å². The van der Waals surface area contributed by atoms with Crippen LogP contribution in [-0.2, 0) is 0 Å². The molecule has 0 saturated heterocycles. The summed E-state index contributed by atoms with van der Waals surface area (Å²) < 4.78 is 2.41. The van der Waals surface area contributed by atoms with Crippen LogP contribution in [0.2, 0.25) is 0 Å². The molecule has 1 heterocycles. The molecule has 0 radical (unpaired) electrons. The first kappa shape index (κ1) is 15.5. The van der Waals surface area contributed by atoms with Gasteiger partial charge in [0.25, 0.3) is 0 Å². The molecule has 0 aliphatic carbocycles. The number of rotatable bonds is 12. The van der Waals surface area contributed by atoms with E-state index in [-0.39, 0.29) is 0 Å². The number of hydrogen-bond acceptors (Lipinski definition) is 1. The average molecular weight is 253 g/mol. The van der Waals surface area contributed by atoms with Crippen molar-refractivity contribution in [2.24, 2.45) is 0 Å². The SMILES string of the molecule is CCCCCCCCCCCCC[N+]1=CNCC1. The second kappa shape index (κ2) is 11.6. The highest BCUT2D eigenvalue weighted by molar-refractivity contribution is 5.49. The Bertz CT molecular complexity index is 211. The van der Waals surface area contributed by atoms with Gasteiger partial charge in [-0.2, -0.15) is 0 Å². The van der Waals surface area contributed by atoms with E-state index in [0.29, 0.717) is 0 Å². The fourth-order valence-corrected chi connectivity index (χ4v) is 2.62. The average Bonchev–Trinajstić information content (AvgIpc) is 2.89. The first-order chi connectivity index (χ1) is 8.93. The van der Waals surface area contributed by atoms with Gasteiger partial charge in [0.15, 0.2) is 0 Å². The smallest absolute Gasteiger partial charge is 0.232 e. The topological polar surface area (TPSA) is 15.0 Å². The molecule has 0 saturated carbocycles. The zero-order valence-corrected chi connectivity index (χ0v) is 12.4. The Labute approximate surface area is 114 Å². The minimum Gasteiger partial charge on any atom is -0.277 e. The number of hydrogen-bond donors (Lipinski definition) is 1. The molecule has 0 atom stereocenters. The molecular weight excluding hydrogens is 220 g/mol. The van der Waals surface area contributed by atoms with Gasteiger partial charge in [-0.15, -0.1) is 0 Å². The van der Waals surface area contributed by atoms with Gasteiger partial charge in [0, 0.05) is 0 Å². The van der Waals surface area contributed by atoms with Gasteiger partial charge in [-0.25, -0.2) is 0 Å². The summed E-state index contributed by atoms with van der Waals surface area (Å²) in [6, 6.07) is 0. The minimum absolute atomic E-state index is 1.14. The molecule has 0 aromatic carbocycles. The highest BCUT2D eigenvalue weighted by atomic mass is 15.1. The summed E-state index contributed by atoms with van der Waals surface area (Å²) in [7, 11) is 0. The van der Waals surface area contributed by atoms with Gasteiger partial charge in [0.05, 0.1) is 6.54 Å². The van der Waals surface area contributed by atoms with Crippen molar-refractivity contribution >= 4 is 6.34 Å². The Morgan fingerprint density at radius 3 is 1.89 bits per heavy atom. The summed E-state index contributed by atoms with van der Waals surface area (Å²) in [4.78, 5) is 0. The summed E-state index contributed by atoms with van der Waals surface area (Å²) in [6.45, 7) is 5.88. The van der Waals surface area contributed by atoms with Gasteiger partial charge in [0.2, 0.25) is 6.34 Å². The maximum Gasteiger partial charge on any atom is 0.232 e. The van der Waals surface area contributed by atoms with Gasteiger partial charge >= 0.3 is 0 Å². The molecule has 1 aliphatic rings. The molecule has 2 heteroatoms. The standard InChI is InChI=1S/C16H32N2/c1-2-3-4-5-6-7-8-9-10-11-12-14-18-15-13-17-16-18/h16H,2-15H2,1H3/p+1. The Kier molecular flexibility index (Phi) is 9.97. The van der Waals surface area contributed by atoms with Crippen LogP contribution in [0.3, 0.4) is 0 Å². The maximum atomic E-state index is 3.26. The fraction of sp³-hybridized carbons (Fsp3) is 0.938. The first-order valence-corrected chi connectivity index (χ1v) is 8.24. The van der Waals surface area contributed by atoms with Gasteiger partial charge in [-0.3, -0.25) is 9.89 Å². The Hall–Kier alpha value is -0.530. The van der Waals surface area contributed by atoms with E-state index in [0.717, 1.165) is 6.54 Å². The molecule has 0 aromatic rings. The Balaban J connectivity index is 1.71. The first-order valence-electron chi connectivity index (χ1n) is 8.24. The molecule has 0 unspecified atom stereocenters. The van der Waals surface area contributed by atoms with E-state index in [4.69, 9.17) is 0 Å². The van der Waals surface area contributed by atoms with E-state index in [9.17, 15) is 0 Å². The van der Waals surface area contributed by atoms with Crippen molar-refractivity contribution in [2.75, 3.05) is 19.6 Å². The zero-order chi connectivity index (χ0) is 12.9.